The van der Waals surface area contributed by atoms with Crippen molar-refractivity contribution < 1.29 is 9.13 Å². The molecule has 0 bridgehead atoms. The Hall–Kier alpha value is -6.18. The Balaban J connectivity index is 0.000000177. The maximum atomic E-state index is 14.8. The summed E-state index contributed by atoms with van der Waals surface area (Å²) >= 11 is 0. The van der Waals surface area contributed by atoms with Crippen molar-refractivity contribution in [2.45, 2.75) is 27.7 Å². The Labute approximate surface area is 343 Å². The van der Waals surface area contributed by atoms with Crippen LogP contribution in [0.5, 0.6) is 0 Å². The lowest BCUT2D eigenvalue weighted by Gasteiger charge is -2.24. The van der Waals surface area contributed by atoms with Crippen LogP contribution in [-0.2, 0) is 9.13 Å². The van der Waals surface area contributed by atoms with Gasteiger partial charge in [0.1, 0.15) is 0 Å². The van der Waals surface area contributed by atoms with E-state index in [1.54, 1.807) is 0 Å². The number of hydrogen-bond donors (Lipinski definition) is 2. The SMILES string of the molecule is Cc1cccc(C)c1Nc1ccccc1P(=O)(c1ccccc1)c1ccccc1.Cc1cccc(C)c1Nc1ccccc1P(=O)(c1ccccc1)c1ccccc1. The third-order valence-electron chi connectivity index (χ3n) is 10.4. The van der Waals surface area contributed by atoms with Crippen molar-refractivity contribution in [1.29, 1.82) is 0 Å². The third kappa shape index (κ3) is 8.27. The molecule has 0 unspecified atom stereocenters. The second-order valence-electron chi connectivity index (χ2n) is 14.4. The molecule has 0 aliphatic carbocycles. The van der Waals surface area contributed by atoms with E-state index in [0.717, 1.165) is 76.8 Å². The molecular weight excluding hydrogens is 747 g/mol. The van der Waals surface area contributed by atoms with Gasteiger partial charge in [-0.2, -0.15) is 0 Å². The maximum Gasteiger partial charge on any atom is 0.173 e. The summed E-state index contributed by atoms with van der Waals surface area (Å²) in [5, 5.41) is 12.1. The molecule has 8 aromatic rings. The highest BCUT2D eigenvalue weighted by atomic mass is 31.2. The van der Waals surface area contributed by atoms with E-state index in [2.05, 4.69) is 74.7 Å². The van der Waals surface area contributed by atoms with Gasteiger partial charge in [0.25, 0.3) is 0 Å². The van der Waals surface area contributed by atoms with Crippen LogP contribution in [0.2, 0.25) is 0 Å². The van der Waals surface area contributed by atoms with E-state index in [1.165, 1.54) is 0 Å². The third-order valence-corrected chi connectivity index (χ3v) is 16.7. The van der Waals surface area contributed by atoms with Crippen LogP contribution >= 0.6 is 14.3 Å². The normalized spacial score (nSPS) is 11.2. The lowest BCUT2D eigenvalue weighted by molar-refractivity contribution is 0.591. The molecule has 8 aromatic carbocycles. The summed E-state index contributed by atoms with van der Waals surface area (Å²) in [7, 11) is -6.09. The first-order chi connectivity index (χ1) is 28.2. The van der Waals surface area contributed by atoms with Crippen molar-refractivity contribution in [1.82, 2.24) is 0 Å². The number of nitrogens with one attached hydrogen (secondary N) is 2. The van der Waals surface area contributed by atoms with E-state index in [1.807, 2.05) is 170 Å². The van der Waals surface area contributed by atoms with Crippen LogP contribution in [0.1, 0.15) is 22.3 Å². The molecule has 0 radical (unpaired) electrons. The molecule has 0 heterocycles. The van der Waals surface area contributed by atoms with E-state index in [0.29, 0.717) is 0 Å². The summed E-state index contributed by atoms with van der Waals surface area (Å²) in [6.07, 6.45) is 0. The minimum absolute atomic E-state index is 0.819. The molecular formula is C52H48N2O2P2. The van der Waals surface area contributed by atoms with Crippen LogP contribution < -0.4 is 42.5 Å². The fraction of sp³-hybridized carbons (Fsp3) is 0.0769. The first-order valence-corrected chi connectivity index (χ1v) is 22.9. The van der Waals surface area contributed by atoms with Gasteiger partial charge in [-0.25, -0.2) is 0 Å². The van der Waals surface area contributed by atoms with Gasteiger partial charge in [-0.1, -0.05) is 182 Å². The molecule has 0 aromatic heterocycles. The maximum absolute atomic E-state index is 14.8. The van der Waals surface area contributed by atoms with Crippen molar-refractivity contribution >= 4 is 68.9 Å². The number of rotatable bonds is 10. The first-order valence-electron chi connectivity index (χ1n) is 19.5. The van der Waals surface area contributed by atoms with Crippen LogP contribution in [-0.4, -0.2) is 0 Å². The summed E-state index contributed by atoms with van der Waals surface area (Å²) < 4.78 is 29.5. The van der Waals surface area contributed by atoms with Gasteiger partial charge >= 0.3 is 0 Å². The molecule has 288 valence electrons. The van der Waals surface area contributed by atoms with Crippen molar-refractivity contribution in [3.8, 4) is 0 Å². The highest BCUT2D eigenvalue weighted by Gasteiger charge is 2.33. The summed E-state index contributed by atoms with van der Waals surface area (Å²) in [5.41, 5.74) is 8.52. The molecule has 0 saturated carbocycles. The predicted molar refractivity (Wildman–Crippen MR) is 250 cm³/mol. The zero-order valence-electron chi connectivity index (χ0n) is 33.3. The molecule has 4 nitrogen and oxygen atoms in total. The average molecular weight is 795 g/mol. The summed E-state index contributed by atoms with van der Waals surface area (Å²) in [6.45, 7) is 8.36. The smallest absolute Gasteiger partial charge is 0.173 e. The lowest BCUT2D eigenvalue weighted by Crippen LogP contribution is -2.26. The molecule has 6 heteroatoms. The number of benzene rings is 8. The minimum Gasteiger partial charge on any atom is -0.354 e. The number of para-hydroxylation sites is 4. The number of hydrogen-bond acceptors (Lipinski definition) is 4. The highest BCUT2D eigenvalue weighted by Crippen LogP contribution is 2.46. The Morgan fingerprint density at radius 2 is 0.534 bits per heavy atom. The molecule has 8 rings (SSSR count). The van der Waals surface area contributed by atoms with E-state index >= 15 is 0 Å². The molecule has 0 atom stereocenters. The molecule has 2 N–H and O–H groups in total. The van der Waals surface area contributed by atoms with Crippen LogP contribution in [0.15, 0.2) is 206 Å². The standard InChI is InChI=1S/2C26H24NOP/c2*1-20-12-11-13-21(2)26(20)27-24-18-9-10-19-25(24)29(28,22-14-5-3-6-15-22)23-16-7-4-8-17-23/h2*3-19,27H,1-2H3. The van der Waals surface area contributed by atoms with Gasteiger partial charge in [-0.3, -0.25) is 0 Å². The fourth-order valence-electron chi connectivity index (χ4n) is 7.41. The van der Waals surface area contributed by atoms with Gasteiger partial charge < -0.3 is 19.8 Å². The summed E-state index contributed by atoms with van der Waals surface area (Å²) in [6, 6.07) is 67.5. The van der Waals surface area contributed by atoms with E-state index in [-0.39, 0.29) is 0 Å². The van der Waals surface area contributed by atoms with Crippen LogP contribution in [0.25, 0.3) is 0 Å². The Morgan fingerprint density at radius 3 is 0.810 bits per heavy atom. The molecule has 0 aliphatic rings. The molecule has 0 spiro atoms. The minimum atomic E-state index is -3.04. The molecule has 0 fully saturated rings. The Bertz CT molecular complexity index is 2400. The van der Waals surface area contributed by atoms with E-state index < -0.39 is 14.3 Å². The fourth-order valence-corrected chi connectivity index (χ4v) is 13.0. The summed E-state index contributed by atoms with van der Waals surface area (Å²) in [5.74, 6) is 0. The van der Waals surface area contributed by atoms with Gasteiger partial charge in [0, 0.05) is 54.6 Å². The van der Waals surface area contributed by atoms with Gasteiger partial charge in [-0.15, -0.1) is 0 Å². The van der Waals surface area contributed by atoms with Crippen LogP contribution in [0.4, 0.5) is 22.7 Å². The first kappa shape index (κ1) is 40.0. The quantitative estimate of drug-likeness (QED) is 0.135. The van der Waals surface area contributed by atoms with E-state index in [4.69, 9.17) is 0 Å². The topological polar surface area (TPSA) is 58.2 Å². The highest BCUT2D eigenvalue weighted by molar-refractivity contribution is 7.86. The second-order valence-corrected chi connectivity index (χ2v) is 19.8. The lowest BCUT2D eigenvalue weighted by atomic mass is 10.1. The monoisotopic (exact) mass is 794 g/mol. The largest absolute Gasteiger partial charge is 0.354 e. The van der Waals surface area contributed by atoms with E-state index in [9.17, 15) is 9.13 Å². The van der Waals surface area contributed by atoms with Gasteiger partial charge in [0.15, 0.2) is 14.3 Å². The molecule has 0 aliphatic heterocycles. The number of anilines is 4. The van der Waals surface area contributed by atoms with Crippen molar-refractivity contribution in [2.24, 2.45) is 0 Å². The van der Waals surface area contributed by atoms with Crippen LogP contribution in [0, 0.1) is 27.7 Å². The zero-order chi connectivity index (χ0) is 40.5. The second kappa shape index (κ2) is 18.0. The summed E-state index contributed by atoms with van der Waals surface area (Å²) in [4.78, 5) is 0. The molecule has 58 heavy (non-hydrogen) atoms. The molecule has 0 saturated heterocycles. The molecule has 0 amide bonds. The van der Waals surface area contributed by atoms with Gasteiger partial charge in [-0.05, 0) is 74.2 Å². The van der Waals surface area contributed by atoms with Crippen molar-refractivity contribution in [3.63, 3.8) is 0 Å². The van der Waals surface area contributed by atoms with Gasteiger partial charge in [0.2, 0.25) is 0 Å². The average Bonchev–Trinajstić information content (AvgIpc) is 3.27. The van der Waals surface area contributed by atoms with Gasteiger partial charge in [0.05, 0.1) is 0 Å². The Kier molecular flexibility index (Phi) is 12.4. The number of aryl methyl sites for hydroxylation is 4. The van der Waals surface area contributed by atoms with Crippen molar-refractivity contribution in [3.05, 3.63) is 229 Å². The van der Waals surface area contributed by atoms with Crippen molar-refractivity contribution in [2.75, 3.05) is 10.6 Å². The predicted octanol–water partition coefficient (Wildman–Crippen LogP) is 11.4. The Morgan fingerprint density at radius 1 is 0.293 bits per heavy atom. The zero-order valence-corrected chi connectivity index (χ0v) is 35.1. The van der Waals surface area contributed by atoms with Crippen LogP contribution in [0.3, 0.4) is 0 Å².